The molecule has 0 aliphatic heterocycles. The van der Waals surface area contributed by atoms with Gasteiger partial charge < -0.3 is 20.0 Å². The van der Waals surface area contributed by atoms with Gasteiger partial charge in [0, 0.05) is 12.3 Å². The topological polar surface area (TPSA) is 62.5 Å². The summed E-state index contributed by atoms with van der Waals surface area (Å²) in [6, 6.07) is 0.893. The van der Waals surface area contributed by atoms with Gasteiger partial charge in [-0.3, -0.25) is 0 Å². The van der Waals surface area contributed by atoms with Gasteiger partial charge in [0.25, 0.3) is 0 Å². The third-order valence-electron chi connectivity index (χ3n) is 2.05. The fourth-order valence-corrected chi connectivity index (χ4v) is 1.29. The lowest BCUT2D eigenvalue weighted by Gasteiger charge is -2.14. The molecule has 1 rings (SSSR count). The first-order chi connectivity index (χ1) is 7.56. The highest BCUT2D eigenvalue weighted by Crippen LogP contribution is 2.35. The number of rotatable bonds is 4. The predicted molar refractivity (Wildman–Crippen MR) is 53.2 cm³/mol. The van der Waals surface area contributed by atoms with Gasteiger partial charge in [-0.25, -0.2) is 8.78 Å². The molecule has 2 N–H and O–H groups in total. The zero-order valence-electron chi connectivity index (χ0n) is 8.75. The number of halogens is 2. The van der Waals surface area contributed by atoms with E-state index in [0.717, 1.165) is 6.07 Å². The smallest absolute Gasteiger partial charge is 0.197 e. The van der Waals surface area contributed by atoms with Gasteiger partial charge in [0.05, 0.1) is 19.8 Å². The molecule has 0 spiro atoms. The molecule has 4 nitrogen and oxygen atoms in total. The normalized spacial score (nSPS) is 12.1. The molecule has 1 unspecified atom stereocenters. The van der Waals surface area contributed by atoms with Gasteiger partial charge in [0.15, 0.2) is 17.3 Å². The van der Waals surface area contributed by atoms with Crippen molar-refractivity contribution in [1.29, 1.82) is 5.41 Å². The second-order valence-corrected chi connectivity index (χ2v) is 2.93. The number of methoxy groups -OCH3 is 2. The van der Waals surface area contributed by atoms with E-state index in [1.807, 2.05) is 0 Å². The van der Waals surface area contributed by atoms with Crippen LogP contribution in [0.2, 0.25) is 0 Å². The van der Waals surface area contributed by atoms with Crippen molar-refractivity contribution in [3.05, 3.63) is 23.3 Å². The average Bonchev–Trinajstić information content (AvgIpc) is 2.27. The van der Waals surface area contributed by atoms with Crippen molar-refractivity contribution in [2.75, 3.05) is 14.2 Å². The van der Waals surface area contributed by atoms with Gasteiger partial charge in [0.2, 0.25) is 0 Å². The molecule has 0 aliphatic rings. The maximum Gasteiger partial charge on any atom is 0.197 e. The summed E-state index contributed by atoms with van der Waals surface area (Å²) in [7, 11) is 2.43. The van der Waals surface area contributed by atoms with Crippen LogP contribution in [0.5, 0.6) is 11.5 Å². The largest absolute Gasteiger partial charge is 0.493 e. The van der Waals surface area contributed by atoms with Gasteiger partial charge in [0.1, 0.15) is 11.9 Å². The van der Waals surface area contributed by atoms with Crippen molar-refractivity contribution < 1.29 is 23.4 Å². The maximum absolute atomic E-state index is 13.7. The van der Waals surface area contributed by atoms with Crippen LogP contribution in [0.1, 0.15) is 11.7 Å². The molecule has 88 valence electrons. The molecular formula is C10H11F2NO3. The van der Waals surface area contributed by atoms with Crippen molar-refractivity contribution in [3.8, 4) is 11.5 Å². The van der Waals surface area contributed by atoms with E-state index >= 15 is 0 Å². The third-order valence-corrected chi connectivity index (χ3v) is 2.05. The number of hydrogen-bond acceptors (Lipinski definition) is 4. The fraction of sp³-hybridized carbons (Fsp3) is 0.300. The van der Waals surface area contributed by atoms with Gasteiger partial charge in [-0.1, -0.05) is 0 Å². The molecule has 0 aliphatic carbocycles. The summed E-state index contributed by atoms with van der Waals surface area (Å²) in [6.45, 7) is 0. The van der Waals surface area contributed by atoms with Crippen LogP contribution in [0, 0.1) is 17.0 Å². The second kappa shape index (κ2) is 4.89. The van der Waals surface area contributed by atoms with E-state index in [2.05, 4.69) is 0 Å². The molecule has 1 aromatic carbocycles. The molecule has 0 saturated carbocycles. The van der Waals surface area contributed by atoms with Crippen LogP contribution in [0.4, 0.5) is 8.78 Å². The number of ether oxygens (including phenoxy) is 2. The van der Waals surface area contributed by atoms with E-state index in [9.17, 15) is 13.9 Å². The number of benzene rings is 1. The molecule has 1 atom stereocenters. The van der Waals surface area contributed by atoms with Gasteiger partial charge in [-0.05, 0) is 0 Å². The lowest BCUT2D eigenvalue weighted by Crippen LogP contribution is -2.07. The van der Waals surface area contributed by atoms with Crippen molar-refractivity contribution in [2.45, 2.75) is 6.10 Å². The summed E-state index contributed by atoms with van der Waals surface area (Å²) in [5.41, 5.74) is -0.632. The van der Waals surface area contributed by atoms with Crippen LogP contribution < -0.4 is 9.47 Å². The highest BCUT2D eigenvalue weighted by Gasteiger charge is 2.23. The zero-order chi connectivity index (χ0) is 12.3. The van der Waals surface area contributed by atoms with E-state index < -0.39 is 23.3 Å². The van der Waals surface area contributed by atoms with Gasteiger partial charge >= 0.3 is 0 Å². The molecule has 0 amide bonds. The first-order valence-corrected chi connectivity index (χ1v) is 4.35. The Morgan fingerprint density at radius 2 is 2.00 bits per heavy atom. The summed E-state index contributed by atoms with van der Waals surface area (Å²) >= 11 is 0. The Kier molecular flexibility index (Phi) is 3.78. The monoisotopic (exact) mass is 231 g/mol. The summed E-state index contributed by atoms with van der Waals surface area (Å²) in [5.74, 6) is -2.49. The molecule has 0 saturated heterocycles. The third kappa shape index (κ3) is 1.96. The highest BCUT2D eigenvalue weighted by atomic mass is 19.1. The maximum atomic E-state index is 13.7. The number of nitrogens with one attached hydrogen (secondary N) is 1. The molecule has 16 heavy (non-hydrogen) atoms. The lowest BCUT2D eigenvalue weighted by molar-refractivity contribution is 0.235. The molecule has 0 aromatic heterocycles. The molecular weight excluding hydrogens is 220 g/mol. The van der Waals surface area contributed by atoms with E-state index in [1.165, 1.54) is 14.2 Å². The molecule has 0 bridgehead atoms. The Bertz CT molecular complexity index is 410. The zero-order valence-corrected chi connectivity index (χ0v) is 8.75. The molecule has 0 heterocycles. The van der Waals surface area contributed by atoms with Crippen molar-refractivity contribution in [2.24, 2.45) is 0 Å². The molecule has 6 heteroatoms. The Balaban J connectivity index is 3.46. The summed E-state index contributed by atoms with van der Waals surface area (Å²) in [5, 5.41) is 16.0. The number of aliphatic hydroxyl groups excluding tert-OH is 1. The summed E-state index contributed by atoms with van der Waals surface area (Å²) in [6.07, 6.45) is -1.13. The fourth-order valence-electron chi connectivity index (χ4n) is 1.29. The van der Waals surface area contributed by atoms with Crippen molar-refractivity contribution in [3.63, 3.8) is 0 Å². The number of aliphatic hydroxyl groups is 1. The van der Waals surface area contributed by atoms with Crippen LogP contribution in [0.25, 0.3) is 0 Å². The molecule has 0 fully saturated rings. The quantitative estimate of drug-likeness (QED) is 0.775. The lowest BCUT2D eigenvalue weighted by atomic mass is 10.1. The van der Waals surface area contributed by atoms with Gasteiger partial charge in [-0.2, -0.15) is 0 Å². The Morgan fingerprint density at radius 1 is 1.38 bits per heavy atom. The molecule has 0 radical (unpaired) electrons. The second-order valence-electron chi connectivity index (χ2n) is 2.93. The Hall–Kier alpha value is -1.69. The van der Waals surface area contributed by atoms with E-state index in [1.54, 1.807) is 0 Å². The SMILES string of the molecule is COc1cc(F)c(C(O)C=N)c(F)c1OC. The van der Waals surface area contributed by atoms with Crippen LogP contribution in [-0.2, 0) is 0 Å². The average molecular weight is 231 g/mol. The Labute approximate surface area is 90.9 Å². The van der Waals surface area contributed by atoms with Crippen LogP contribution >= 0.6 is 0 Å². The van der Waals surface area contributed by atoms with E-state index in [0.29, 0.717) is 6.21 Å². The summed E-state index contributed by atoms with van der Waals surface area (Å²) in [4.78, 5) is 0. The van der Waals surface area contributed by atoms with Crippen LogP contribution in [0.15, 0.2) is 6.07 Å². The van der Waals surface area contributed by atoms with Crippen molar-refractivity contribution in [1.82, 2.24) is 0 Å². The van der Waals surface area contributed by atoms with E-state index in [4.69, 9.17) is 14.9 Å². The standard InChI is InChI=1S/C10H11F2NO3/c1-15-7-3-5(11)8(6(14)4-13)9(12)10(7)16-2/h3-4,6,13-14H,1-2H3. The minimum atomic E-state index is -1.65. The van der Waals surface area contributed by atoms with Gasteiger partial charge in [-0.15, -0.1) is 0 Å². The van der Waals surface area contributed by atoms with Crippen LogP contribution in [-0.4, -0.2) is 25.5 Å². The molecule has 1 aromatic rings. The first-order valence-electron chi connectivity index (χ1n) is 4.35. The van der Waals surface area contributed by atoms with Crippen LogP contribution in [0.3, 0.4) is 0 Å². The Morgan fingerprint density at radius 3 is 2.44 bits per heavy atom. The first kappa shape index (κ1) is 12.4. The summed E-state index contributed by atoms with van der Waals surface area (Å²) < 4.78 is 36.6. The number of hydrogen-bond donors (Lipinski definition) is 2. The minimum absolute atomic E-state index is 0.113. The predicted octanol–water partition coefficient (Wildman–Crippen LogP) is 1.66. The van der Waals surface area contributed by atoms with Crippen molar-refractivity contribution >= 4 is 6.21 Å². The highest BCUT2D eigenvalue weighted by molar-refractivity contribution is 5.64. The minimum Gasteiger partial charge on any atom is -0.493 e. The van der Waals surface area contributed by atoms with E-state index in [-0.39, 0.29) is 11.5 Å².